The number of nitrogens with zero attached hydrogens (tertiary/aromatic N) is 1. The molecule has 1 aliphatic rings. The molecule has 1 heterocycles. The highest BCUT2D eigenvalue weighted by Gasteiger charge is 2.30. The minimum absolute atomic E-state index is 0.0201. The highest BCUT2D eigenvalue weighted by molar-refractivity contribution is 7.13. The van der Waals surface area contributed by atoms with Gasteiger partial charge in [0.1, 0.15) is 5.75 Å². The molecule has 2 aromatic rings. The summed E-state index contributed by atoms with van der Waals surface area (Å²) in [4.78, 5) is 28.0. The van der Waals surface area contributed by atoms with Crippen LogP contribution in [0.4, 0.5) is 10.8 Å². The second kappa shape index (κ2) is 6.78. The number of carbonyl (C=O) groups excluding carboxylic acids is 2. The van der Waals surface area contributed by atoms with Crippen molar-refractivity contribution in [2.24, 2.45) is 5.92 Å². The lowest BCUT2D eigenvalue weighted by Crippen LogP contribution is -2.15. The average molecular weight is 331 g/mol. The van der Waals surface area contributed by atoms with Crippen LogP contribution in [0.25, 0.3) is 0 Å². The zero-order chi connectivity index (χ0) is 16.2. The van der Waals surface area contributed by atoms with Crippen molar-refractivity contribution in [1.29, 1.82) is 0 Å². The molecule has 1 fully saturated rings. The van der Waals surface area contributed by atoms with Crippen LogP contribution in [0.3, 0.4) is 0 Å². The smallest absolute Gasteiger partial charge is 0.230 e. The van der Waals surface area contributed by atoms with Gasteiger partial charge in [0.15, 0.2) is 5.13 Å². The first kappa shape index (κ1) is 15.5. The minimum atomic E-state index is -0.163. The van der Waals surface area contributed by atoms with Crippen molar-refractivity contribution < 1.29 is 14.3 Å². The zero-order valence-electron chi connectivity index (χ0n) is 12.7. The maximum Gasteiger partial charge on any atom is 0.230 e. The van der Waals surface area contributed by atoms with Crippen LogP contribution in [0, 0.1) is 5.92 Å². The predicted molar refractivity (Wildman–Crippen MR) is 88.8 cm³/mol. The fourth-order valence-corrected chi connectivity index (χ4v) is 2.78. The number of methoxy groups -OCH3 is 1. The van der Waals surface area contributed by atoms with Gasteiger partial charge in [-0.3, -0.25) is 9.59 Å². The lowest BCUT2D eigenvalue weighted by molar-refractivity contribution is -0.117. The van der Waals surface area contributed by atoms with Gasteiger partial charge in [0.25, 0.3) is 0 Å². The number of thiazole rings is 1. The van der Waals surface area contributed by atoms with Gasteiger partial charge in [0.05, 0.1) is 19.2 Å². The van der Waals surface area contributed by atoms with E-state index in [2.05, 4.69) is 15.6 Å². The molecular weight excluding hydrogens is 314 g/mol. The molecule has 1 saturated carbocycles. The zero-order valence-corrected chi connectivity index (χ0v) is 13.5. The van der Waals surface area contributed by atoms with E-state index in [-0.39, 0.29) is 24.2 Å². The fraction of sp³-hybridized carbons (Fsp3) is 0.312. The molecule has 2 amide bonds. The number of hydrogen-bond donors (Lipinski definition) is 2. The molecule has 1 aromatic carbocycles. The molecule has 1 aliphatic carbocycles. The molecule has 120 valence electrons. The summed E-state index contributed by atoms with van der Waals surface area (Å²) in [5, 5.41) is 7.92. The van der Waals surface area contributed by atoms with E-state index in [4.69, 9.17) is 4.74 Å². The number of nitrogens with one attached hydrogen (secondary N) is 2. The summed E-state index contributed by atoms with van der Waals surface area (Å²) in [6.07, 6.45) is 2.06. The normalized spacial score (nSPS) is 13.4. The van der Waals surface area contributed by atoms with Gasteiger partial charge in [0, 0.05) is 23.1 Å². The summed E-state index contributed by atoms with van der Waals surface area (Å²) in [5.41, 5.74) is 1.31. The molecule has 0 spiro atoms. The molecule has 0 unspecified atom stereocenters. The van der Waals surface area contributed by atoms with Crippen molar-refractivity contribution in [1.82, 2.24) is 4.98 Å². The Labute approximate surface area is 137 Å². The quantitative estimate of drug-likeness (QED) is 0.853. The van der Waals surface area contributed by atoms with Crippen LogP contribution in [0.15, 0.2) is 29.6 Å². The SMILES string of the molecule is COc1cccc(NC(=O)Cc2csc(NC(=O)C3CC3)n2)c1. The molecule has 23 heavy (non-hydrogen) atoms. The number of amides is 2. The van der Waals surface area contributed by atoms with Crippen LogP contribution < -0.4 is 15.4 Å². The number of carbonyl (C=O) groups is 2. The summed E-state index contributed by atoms with van der Waals surface area (Å²) in [5.74, 6) is 0.676. The summed E-state index contributed by atoms with van der Waals surface area (Å²) >= 11 is 1.33. The number of anilines is 2. The highest BCUT2D eigenvalue weighted by atomic mass is 32.1. The van der Waals surface area contributed by atoms with Crippen molar-refractivity contribution >= 4 is 34.0 Å². The molecule has 6 nitrogen and oxygen atoms in total. The third-order valence-electron chi connectivity index (χ3n) is 3.43. The van der Waals surface area contributed by atoms with Gasteiger partial charge < -0.3 is 15.4 Å². The van der Waals surface area contributed by atoms with Gasteiger partial charge in [-0.05, 0) is 25.0 Å². The number of ether oxygens (including phenoxy) is 1. The van der Waals surface area contributed by atoms with E-state index >= 15 is 0 Å². The molecule has 3 rings (SSSR count). The summed E-state index contributed by atoms with van der Waals surface area (Å²) < 4.78 is 5.12. The summed E-state index contributed by atoms with van der Waals surface area (Å²) in [7, 11) is 1.58. The van der Waals surface area contributed by atoms with Crippen LogP contribution in [0.1, 0.15) is 18.5 Å². The monoisotopic (exact) mass is 331 g/mol. The van der Waals surface area contributed by atoms with Crippen LogP contribution in [-0.2, 0) is 16.0 Å². The standard InChI is InChI=1S/C16H17N3O3S/c1-22-13-4-2-3-11(7-13)17-14(20)8-12-9-23-16(18-12)19-15(21)10-5-6-10/h2-4,7,9-10H,5-6,8H2,1H3,(H,17,20)(H,18,19,21). The van der Waals surface area contributed by atoms with Crippen LogP contribution >= 0.6 is 11.3 Å². The molecule has 0 saturated heterocycles. The van der Waals surface area contributed by atoms with Crippen LogP contribution in [0.5, 0.6) is 5.75 Å². The Morgan fingerprint density at radius 3 is 2.91 bits per heavy atom. The number of aromatic nitrogens is 1. The lowest BCUT2D eigenvalue weighted by Gasteiger charge is -2.06. The first-order valence-corrected chi connectivity index (χ1v) is 8.21. The first-order valence-electron chi connectivity index (χ1n) is 7.33. The Bertz CT molecular complexity index is 725. The van der Waals surface area contributed by atoms with Crippen molar-refractivity contribution in [3.8, 4) is 5.75 Å². The maximum absolute atomic E-state index is 12.1. The van der Waals surface area contributed by atoms with Gasteiger partial charge in [-0.2, -0.15) is 0 Å². The molecular formula is C16H17N3O3S. The Balaban J connectivity index is 1.55. The van der Waals surface area contributed by atoms with Crippen LogP contribution in [-0.4, -0.2) is 23.9 Å². The second-order valence-corrected chi connectivity index (χ2v) is 6.22. The van der Waals surface area contributed by atoms with Gasteiger partial charge in [-0.1, -0.05) is 6.07 Å². The van der Waals surface area contributed by atoms with Gasteiger partial charge in [0.2, 0.25) is 11.8 Å². The fourth-order valence-electron chi connectivity index (χ4n) is 2.07. The first-order chi connectivity index (χ1) is 11.1. The number of hydrogen-bond acceptors (Lipinski definition) is 5. The van der Waals surface area contributed by atoms with E-state index in [1.165, 1.54) is 11.3 Å². The third kappa shape index (κ3) is 4.29. The predicted octanol–water partition coefficient (Wildman–Crippen LogP) is 2.68. The summed E-state index contributed by atoms with van der Waals surface area (Å²) in [6, 6.07) is 7.16. The molecule has 2 N–H and O–H groups in total. The van der Waals surface area contributed by atoms with Gasteiger partial charge in [-0.25, -0.2) is 4.98 Å². The lowest BCUT2D eigenvalue weighted by atomic mass is 10.2. The Morgan fingerprint density at radius 2 is 2.17 bits per heavy atom. The van der Waals surface area contributed by atoms with Gasteiger partial charge >= 0.3 is 0 Å². The largest absolute Gasteiger partial charge is 0.497 e. The van der Waals surface area contributed by atoms with E-state index in [1.54, 1.807) is 24.6 Å². The van der Waals surface area contributed by atoms with Gasteiger partial charge in [-0.15, -0.1) is 11.3 Å². The Hall–Kier alpha value is -2.41. The van der Waals surface area contributed by atoms with Crippen LogP contribution in [0.2, 0.25) is 0 Å². The molecule has 7 heteroatoms. The highest BCUT2D eigenvalue weighted by Crippen LogP contribution is 2.30. The molecule has 0 radical (unpaired) electrons. The van der Waals surface area contributed by atoms with E-state index in [1.807, 2.05) is 12.1 Å². The van der Waals surface area contributed by atoms with Crippen molar-refractivity contribution in [2.75, 3.05) is 17.7 Å². The molecule has 0 bridgehead atoms. The van der Waals surface area contributed by atoms with E-state index in [9.17, 15) is 9.59 Å². The number of rotatable bonds is 6. The summed E-state index contributed by atoms with van der Waals surface area (Å²) in [6.45, 7) is 0. The minimum Gasteiger partial charge on any atom is -0.497 e. The topological polar surface area (TPSA) is 80.3 Å². The second-order valence-electron chi connectivity index (χ2n) is 5.36. The molecule has 0 aliphatic heterocycles. The Morgan fingerprint density at radius 1 is 1.35 bits per heavy atom. The Kier molecular flexibility index (Phi) is 4.57. The van der Waals surface area contributed by atoms with E-state index in [0.29, 0.717) is 22.3 Å². The van der Waals surface area contributed by atoms with Crippen molar-refractivity contribution in [3.63, 3.8) is 0 Å². The van der Waals surface area contributed by atoms with E-state index < -0.39 is 0 Å². The van der Waals surface area contributed by atoms with Crippen molar-refractivity contribution in [2.45, 2.75) is 19.3 Å². The average Bonchev–Trinajstić information content (AvgIpc) is 3.30. The maximum atomic E-state index is 12.1. The third-order valence-corrected chi connectivity index (χ3v) is 4.23. The van der Waals surface area contributed by atoms with E-state index in [0.717, 1.165) is 12.8 Å². The number of benzene rings is 1. The molecule has 1 aromatic heterocycles. The molecule has 0 atom stereocenters. The van der Waals surface area contributed by atoms with Crippen molar-refractivity contribution in [3.05, 3.63) is 35.3 Å².